The van der Waals surface area contributed by atoms with Gasteiger partial charge in [0.05, 0.1) is 0 Å². The zero-order valence-electron chi connectivity index (χ0n) is 7.65. The van der Waals surface area contributed by atoms with Crippen molar-refractivity contribution in [3.8, 4) is 0 Å². The fraction of sp³-hybridized carbons (Fsp3) is 0.875. The van der Waals surface area contributed by atoms with Crippen molar-refractivity contribution in [3.05, 3.63) is 0 Å². The minimum absolute atomic E-state index is 0.155. The van der Waals surface area contributed by atoms with E-state index in [9.17, 15) is 18.0 Å². The Morgan fingerprint density at radius 1 is 1.38 bits per heavy atom. The van der Waals surface area contributed by atoms with Crippen LogP contribution in [0.2, 0.25) is 0 Å². The molecule has 0 fully saturated rings. The van der Waals surface area contributed by atoms with Gasteiger partial charge in [-0.15, -0.1) is 0 Å². The van der Waals surface area contributed by atoms with Crippen LogP contribution in [0, 0.1) is 5.92 Å². The highest BCUT2D eigenvalue weighted by Crippen LogP contribution is 2.14. The van der Waals surface area contributed by atoms with Gasteiger partial charge in [-0.2, -0.15) is 13.2 Å². The molecule has 0 heterocycles. The van der Waals surface area contributed by atoms with Crippen molar-refractivity contribution in [3.63, 3.8) is 0 Å². The van der Waals surface area contributed by atoms with E-state index in [0.29, 0.717) is 0 Å². The fourth-order valence-electron chi connectivity index (χ4n) is 0.795. The average Bonchev–Trinajstić information content (AvgIpc) is 1.81. The molecule has 0 aliphatic heterocycles. The Morgan fingerprint density at radius 2 is 1.92 bits per heavy atom. The Balaban J connectivity index is 3.49. The quantitative estimate of drug-likeness (QED) is 0.676. The Bertz CT molecular complexity index is 163. The third-order valence-corrected chi connectivity index (χ3v) is 1.16. The summed E-state index contributed by atoms with van der Waals surface area (Å²) < 4.78 is 38.8. The molecule has 0 unspecified atom stereocenters. The molecule has 13 heavy (non-hydrogen) atoms. The first kappa shape index (κ1) is 12.4. The van der Waals surface area contributed by atoms with Crippen LogP contribution in [0.1, 0.15) is 20.3 Å². The van der Waals surface area contributed by atoms with Crippen LogP contribution in [0.3, 0.4) is 0 Å². The zero-order valence-corrected chi connectivity index (χ0v) is 7.65. The molecular formula is C8H13F3O2. The number of hydrogen-bond acceptors (Lipinski definition) is 2. The molecule has 0 atom stereocenters. The smallest absolute Gasteiger partial charge is 0.364 e. The van der Waals surface area contributed by atoms with E-state index < -0.39 is 19.4 Å². The summed E-state index contributed by atoms with van der Waals surface area (Å²) >= 11 is 0. The summed E-state index contributed by atoms with van der Waals surface area (Å²) in [6.45, 7) is 1.85. The Kier molecular flexibility index (Phi) is 4.98. The molecule has 0 aromatic heterocycles. The zero-order chi connectivity index (χ0) is 10.5. The van der Waals surface area contributed by atoms with E-state index in [0.717, 1.165) is 0 Å². The van der Waals surface area contributed by atoms with Gasteiger partial charge in [0.15, 0.2) is 5.78 Å². The molecule has 0 aliphatic rings. The summed E-state index contributed by atoms with van der Waals surface area (Å²) in [7, 11) is 0. The third-order valence-electron chi connectivity index (χ3n) is 1.16. The molecule has 78 valence electrons. The topological polar surface area (TPSA) is 26.3 Å². The van der Waals surface area contributed by atoms with Gasteiger partial charge in [-0.1, -0.05) is 13.8 Å². The Hall–Kier alpha value is -0.580. The van der Waals surface area contributed by atoms with E-state index in [1.807, 2.05) is 13.8 Å². The van der Waals surface area contributed by atoms with E-state index in [1.165, 1.54) is 0 Å². The van der Waals surface area contributed by atoms with E-state index in [4.69, 9.17) is 0 Å². The highest BCUT2D eigenvalue weighted by atomic mass is 19.4. The number of hydrogen-bond donors (Lipinski definition) is 0. The number of halogens is 3. The Labute approximate surface area is 75.1 Å². The minimum atomic E-state index is -4.35. The lowest BCUT2D eigenvalue weighted by molar-refractivity contribution is -0.175. The van der Waals surface area contributed by atoms with Crippen LogP contribution in [-0.4, -0.2) is 25.2 Å². The van der Waals surface area contributed by atoms with Gasteiger partial charge in [-0.05, 0) is 5.92 Å². The molecule has 0 bridgehead atoms. The van der Waals surface area contributed by atoms with Gasteiger partial charge >= 0.3 is 6.18 Å². The molecule has 0 aromatic carbocycles. The first-order chi connectivity index (χ1) is 5.81. The molecule has 0 spiro atoms. The average molecular weight is 198 g/mol. The predicted molar refractivity (Wildman–Crippen MR) is 41.3 cm³/mol. The molecule has 0 aliphatic carbocycles. The van der Waals surface area contributed by atoms with Crippen molar-refractivity contribution in [2.75, 3.05) is 13.2 Å². The van der Waals surface area contributed by atoms with Crippen LogP contribution in [0.5, 0.6) is 0 Å². The lowest BCUT2D eigenvalue weighted by Gasteiger charge is -2.07. The minimum Gasteiger partial charge on any atom is -0.364 e. The highest BCUT2D eigenvalue weighted by molar-refractivity contribution is 5.79. The summed E-state index contributed by atoms with van der Waals surface area (Å²) in [6, 6.07) is 0. The normalized spacial score (nSPS) is 12.2. The molecule has 2 nitrogen and oxygen atoms in total. The van der Waals surface area contributed by atoms with Crippen molar-refractivity contribution < 1.29 is 22.7 Å². The lowest BCUT2D eigenvalue weighted by Crippen LogP contribution is -2.20. The molecule has 0 saturated carbocycles. The maximum atomic E-state index is 11.5. The number of Topliss-reactive ketones (excluding diaryl/α,β-unsaturated/α-hetero) is 1. The van der Waals surface area contributed by atoms with Crippen molar-refractivity contribution in [1.29, 1.82) is 0 Å². The Morgan fingerprint density at radius 3 is 2.31 bits per heavy atom. The van der Waals surface area contributed by atoms with Gasteiger partial charge < -0.3 is 4.74 Å². The maximum absolute atomic E-state index is 11.5. The number of carbonyl (C=O) groups is 1. The van der Waals surface area contributed by atoms with Crippen LogP contribution in [0.25, 0.3) is 0 Å². The van der Waals surface area contributed by atoms with Crippen molar-refractivity contribution in [2.45, 2.75) is 26.4 Å². The van der Waals surface area contributed by atoms with Crippen LogP contribution in [0.4, 0.5) is 13.2 Å². The van der Waals surface area contributed by atoms with Crippen LogP contribution < -0.4 is 0 Å². The molecule has 0 saturated heterocycles. The molecule has 0 aromatic rings. The third kappa shape index (κ3) is 9.33. The number of carbonyl (C=O) groups excluding carboxylic acids is 1. The molecule has 0 N–H and O–H groups in total. The number of alkyl halides is 3. The largest absolute Gasteiger partial charge is 0.411 e. The fourth-order valence-corrected chi connectivity index (χ4v) is 0.795. The number of ketones is 1. The second-order valence-electron chi connectivity index (χ2n) is 3.24. The summed E-state index contributed by atoms with van der Waals surface area (Å²) in [4.78, 5) is 10.8. The number of ether oxygens (including phenoxy) is 1. The lowest BCUT2D eigenvalue weighted by atomic mass is 10.1. The van der Waals surface area contributed by atoms with Gasteiger partial charge in [0.25, 0.3) is 0 Å². The van der Waals surface area contributed by atoms with Crippen LogP contribution in [0.15, 0.2) is 0 Å². The summed E-state index contributed by atoms with van der Waals surface area (Å²) in [6.07, 6.45) is -4.09. The maximum Gasteiger partial charge on any atom is 0.411 e. The van der Waals surface area contributed by atoms with E-state index in [1.54, 1.807) is 0 Å². The predicted octanol–water partition coefficient (Wildman–Crippen LogP) is 2.18. The van der Waals surface area contributed by atoms with Gasteiger partial charge in [0.1, 0.15) is 13.2 Å². The van der Waals surface area contributed by atoms with Crippen molar-refractivity contribution in [2.24, 2.45) is 5.92 Å². The second-order valence-corrected chi connectivity index (χ2v) is 3.24. The van der Waals surface area contributed by atoms with E-state index in [-0.39, 0.29) is 18.1 Å². The number of rotatable bonds is 5. The SMILES string of the molecule is CC(C)CC(=O)COCC(F)(F)F. The van der Waals surface area contributed by atoms with Gasteiger partial charge in [-0.25, -0.2) is 0 Å². The van der Waals surface area contributed by atoms with Crippen molar-refractivity contribution in [1.82, 2.24) is 0 Å². The molecular weight excluding hydrogens is 185 g/mol. The molecule has 5 heteroatoms. The first-order valence-electron chi connectivity index (χ1n) is 3.97. The van der Waals surface area contributed by atoms with Gasteiger partial charge in [0, 0.05) is 6.42 Å². The summed E-state index contributed by atoms with van der Waals surface area (Å²) in [5.74, 6) is -0.138. The van der Waals surface area contributed by atoms with Gasteiger partial charge in [-0.3, -0.25) is 4.79 Å². The molecule has 0 radical (unpaired) electrons. The van der Waals surface area contributed by atoms with Crippen LogP contribution >= 0.6 is 0 Å². The molecule has 0 rings (SSSR count). The van der Waals surface area contributed by atoms with Crippen molar-refractivity contribution >= 4 is 5.78 Å². The van der Waals surface area contributed by atoms with E-state index >= 15 is 0 Å². The van der Waals surface area contributed by atoms with Gasteiger partial charge in [0.2, 0.25) is 0 Å². The monoisotopic (exact) mass is 198 g/mol. The van der Waals surface area contributed by atoms with Crippen LogP contribution in [-0.2, 0) is 9.53 Å². The standard InChI is InChI=1S/C8H13F3O2/c1-6(2)3-7(12)4-13-5-8(9,10)11/h6H,3-5H2,1-2H3. The highest BCUT2D eigenvalue weighted by Gasteiger charge is 2.27. The van der Waals surface area contributed by atoms with E-state index in [2.05, 4.69) is 4.74 Å². The summed E-state index contributed by atoms with van der Waals surface area (Å²) in [5.41, 5.74) is 0. The summed E-state index contributed by atoms with van der Waals surface area (Å²) in [5, 5.41) is 0. The molecule has 0 amide bonds. The first-order valence-corrected chi connectivity index (χ1v) is 3.97. The second kappa shape index (κ2) is 5.21.